The van der Waals surface area contributed by atoms with Crippen molar-refractivity contribution in [2.75, 3.05) is 10.6 Å². The lowest BCUT2D eigenvalue weighted by atomic mass is 10.1. The molecule has 1 fully saturated rings. The van der Waals surface area contributed by atoms with Crippen LogP contribution in [0.4, 0.5) is 10.8 Å². The minimum atomic E-state index is -0.258. The lowest BCUT2D eigenvalue weighted by molar-refractivity contribution is -0.117. The van der Waals surface area contributed by atoms with Crippen molar-refractivity contribution in [3.05, 3.63) is 74.7 Å². The molecule has 29 heavy (non-hydrogen) atoms. The Morgan fingerprint density at radius 3 is 2.55 bits per heavy atom. The van der Waals surface area contributed by atoms with Crippen LogP contribution in [-0.2, 0) is 11.2 Å². The third-order valence-electron chi connectivity index (χ3n) is 4.53. The largest absolute Gasteiger partial charge is 0.326 e. The summed E-state index contributed by atoms with van der Waals surface area (Å²) in [6.07, 6.45) is 4.20. The maximum atomic E-state index is 12.5. The standard InChI is InChI=1S/C21H17Cl2N3O2S/c22-17-3-1-2-14(18(17)23)10-16-11-24-21(29-16)26-20(28)13-6-8-15(9-7-13)25-19(27)12-4-5-12/h1-3,6-9,11-12H,4-5,10H2,(H,25,27)(H,24,26,28). The van der Waals surface area contributed by atoms with Crippen LogP contribution in [0.15, 0.2) is 48.7 Å². The fourth-order valence-electron chi connectivity index (χ4n) is 2.78. The predicted molar refractivity (Wildman–Crippen MR) is 117 cm³/mol. The van der Waals surface area contributed by atoms with E-state index in [1.165, 1.54) is 11.3 Å². The summed E-state index contributed by atoms with van der Waals surface area (Å²) in [5.74, 6) is -0.0806. The summed E-state index contributed by atoms with van der Waals surface area (Å²) >= 11 is 13.7. The van der Waals surface area contributed by atoms with Crippen molar-refractivity contribution in [3.8, 4) is 0 Å². The Bertz CT molecular complexity index is 1060. The molecule has 0 spiro atoms. The second kappa shape index (κ2) is 8.53. The molecule has 3 aromatic rings. The van der Waals surface area contributed by atoms with Crippen LogP contribution >= 0.6 is 34.5 Å². The highest BCUT2D eigenvalue weighted by molar-refractivity contribution is 7.15. The van der Waals surface area contributed by atoms with E-state index in [0.29, 0.717) is 32.8 Å². The van der Waals surface area contributed by atoms with Gasteiger partial charge in [-0.2, -0.15) is 0 Å². The first-order valence-electron chi connectivity index (χ1n) is 9.09. The smallest absolute Gasteiger partial charge is 0.257 e. The normalized spacial score (nSPS) is 13.2. The van der Waals surface area contributed by atoms with E-state index in [4.69, 9.17) is 23.2 Å². The Balaban J connectivity index is 1.37. The van der Waals surface area contributed by atoms with Gasteiger partial charge >= 0.3 is 0 Å². The third kappa shape index (κ3) is 4.96. The number of rotatable bonds is 6. The monoisotopic (exact) mass is 445 g/mol. The highest BCUT2D eigenvalue weighted by Gasteiger charge is 2.29. The minimum absolute atomic E-state index is 0.0392. The average molecular weight is 446 g/mol. The van der Waals surface area contributed by atoms with Gasteiger partial charge in [0.2, 0.25) is 5.91 Å². The maximum absolute atomic E-state index is 12.5. The first kappa shape index (κ1) is 19.9. The van der Waals surface area contributed by atoms with E-state index in [2.05, 4.69) is 15.6 Å². The number of nitrogens with one attached hydrogen (secondary N) is 2. The molecule has 2 N–H and O–H groups in total. The van der Waals surface area contributed by atoms with Gasteiger partial charge < -0.3 is 5.32 Å². The van der Waals surface area contributed by atoms with E-state index in [1.54, 1.807) is 36.5 Å². The molecule has 4 rings (SSSR count). The van der Waals surface area contributed by atoms with Gasteiger partial charge in [0.1, 0.15) is 0 Å². The molecule has 1 saturated carbocycles. The van der Waals surface area contributed by atoms with Gasteiger partial charge in [-0.05, 0) is 48.7 Å². The predicted octanol–water partition coefficient (Wildman–Crippen LogP) is 5.64. The number of nitrogens with zero attached hydrogens (tertiary/aromatic N) is 1. The maximum Gasteiger partial charge on any atom is 0.257 e. The van der Waals surface area contributed by atoms with Gasteiger partial charge in [-0.1, -0.05) is 35.3 Å². The van der Waals surface area contributed by atoms with Crippen molar-refractivity contribution in [1.82, 2.24) is 4.98 Å². The molecule has 0 radical (unpaired) electrons. The molecule has 0 aliphatic heterocycles. The van der Waals surface area contributed by atoms with Crippen molar-refractivity contribution in [1.29, 1.82) is 0 Å². The van der Waals surface area contributed by atoms with Gasteiger partial charge in [-0.15, -0.1) is 11.3 Å². The van der Waals surface area contributed by atoms with Crippen LogP contribution in [0.5, 0.6) is 0 Å². The van der Waals surface area contributed by atoms with Crippen molar-refractivity contribution >= 4 is 57.2 Å². The molecule has 0 bridgehead atoms. The molecular formula is C21H17Cl2N3O2S. The highest BCUT2D eigenvalue weighted by Crippen LogP contribution is 2.31. The Labute approximate surface area is 182 Å². The molecule has 1 aliphatic rings. The van der Waals surface area contributed by atoms with Gasteiger partial charge in [0.05, 0.1) is 10.0 Å². The topological polar surface area (TPSA) is 71.1 Å². The van der Waals surface area contributed by atoms with E-state index in [9.17, 15) is 9.59 Å². The fraction of sp³-hybridized carbons (Fsp3) is 0.190. The second-order valence-electron chi connectivity index (χ2n) is 6.82. The number of benzene rings is 2. The summed E-state index contributed by atoms with van der Waals surface area (Å²) in [6.45, 7) is 0. The van der Waals surface area contributed by atoms with Crippen LogP contribution in [0, 0.1) is 5.92 Å². The number of aromatic nitrogens is 1. The zero-order valence-corrected chi connectivity index (χ0v) is 17.6. The zero-order valence-electron chi connectivity index (χ0n) is 15.2. The molecule has 1 heterocycles. The van der Waals surface area contributed by atoms with Crippen molar-refractivity contribution < 1.29 is 9.59 Å². The number of halogens is 2. The highest BCUT2D eigenvalue weighted by atomic mass is 35.5. The Kier molecular flexibility index (Phi) is 5.85. The van der Waals surface area contributed by atoms with Crippen molar-refractivity contribution in [2.24, 2.45) is 5.92 Å². The van der Waals surface area contributed by atoms with Crippen molar-refractivity contribution in [2.45, 2.75) is 19.3 Å². The molecular weight excluding hydrogens is 429 g/mol. The van der Waals surface area contributed by atoms with Gasteiger partial charge in [-0.3, -0.25) is 14.9 Å². The lowest BCUT2D eigenvalue weighted by Gasteiger charge is -2.06. The number of thiazole rings is 1. The molecule has 8 heteroatoms. The van der Waals surface area contributed by atoms with E-state index >= 15 is 0 Å². The molecule has 1 aliphatic carbocycles. The number of hydrogen-bond donors (Lipinski definition) is 2. The Hall–Kier alpha value is -2.41. The van der Waals surface area contributed by atoms with Gasteiger partial charge in [0, 0.05) is 34.7 Å². The molecule has 5 nitrogen and oxygen atoms in total. The summed E-state index contributed by atoms with van der Waals surface area (Å²) in [5.41, 5.74) is 2.09. The average Bonchev–Trinajstić information content (AvgIpc) is 3.47. The zero-order chi connectivity index (χ0) is 20.4. The summed E-state index contributed by atoms with van der Waals surface area (Å²) in [6, 6.07) is 12.3. The summed E-state index contributed by atoms with van der Waals surface area (Å²) < 4.78 is 0. The molecule has 2 amide bonds. The quantitative estimate of drug-likeness (QED) is 0.515. The fourth-order valence-corrected chi connectivity index (χ4v) is 4.00. The van der Waals surface area contributed by atoms with Crippen LogP contribution in [0.2, 0.25) is 10.0 Å². The third-order valence-corrected chi connectivity index (χ3v) is 6.30. The van der Waals surface area contributed by atoms with E-state index in [0.717, 1.165) is 23.3 Å². The number of carbonyl (C=O) groups is 2. The molecule has 148 valence electrons. The lowest BCUT2D eigenvalue weighted by Crippen LogP contribution is -2.14. The number of anilines is 2. The number of amides is 2. The van der Waals surface area contributed by atoms with Gasteiger partial charge in [0.15, 0.2) is 5.13 Å². The second-order valence-corrected chi connectivity index (χ2v) is 8.72. The molecule has 0 atom stereocenters. The van der Waals surface area contributed by atoms with E-state index in [-0.39, 0.29) is 17.7 Å². The summed E-state index contributed by atoms with van der Waals surface area (Å²) in [5, 5.41) is 7.21. The molecule has 0 unspecified atom stereocenters. The first-order valence-corrected chi connectivity index (χ1v) is 10.7. The van der Waals surface area contributed by atoms with Crippen LogP contribution < -0.4 is 10.6 Å². The first-order chi connectivity index (χ1) is 14.0. The van der Waals surface area contributed by atoms with Crippen molar-refractivity contribution in [3.63, 3.8) is 0 Å². The Morgan fingerprint density at radius 2 is 1.83 bits per heavy atom. The molecule has 2 aromatic carbocycles. The van der Waals surface area contributed by atoms with E-state index in [1.807, 2.05) is 12.1 Å². The van der Waals surface area contributed by atoms with Gasteiger partial charge in [-0.25, -0.2) is 4.98 Å². The summed E-state index contributed by atoms with van der Waals surface area (Å²) in [4.78, 5) is 29.5. The number of carbonyl (C=O) groups excluding carboxylic acids is 2. The van der Waals surface area contributed by atoms with Crippen LogP contribution in [0.3, 0.4) is 0 Å². The Morgan fingerprint density at radius 1 is 1.07 bits per heavy atom. The molecule has 0 saturated heterocycles. The number of hydrogen-bond acceptors (Lipinski definition) is 4. The van der Waals surface area contributed by atoms with Crippen LogP contribution in [0.1, 0.15) is 33.6 Å². The SMILES string of the molecule is O=C(Nc1ncc(Cc2cccc(Cl)c2Cl)s1)c1ccc(NC(=O)C2CC2)cc1. The molecule has 1 aromatic heterocycles. The van der Waals surface area contributed by atoms with Gasteiger partial charge in [0.25, 0.3) is 5.91 Å². The van der Waals surface area contributed by atoms with Crippen LogP contribution in [0.25, 0.3) is 0 Å². The summed E-state index contributed by atoms with van der Waals surface area (Å²) in [7, 11) is 0. The van der Waals surface area contributed by atoms with Crippen LogP contribution in [-0.4, -0.2) is 16.8 Å². The minimum Gasteiger partial charge on any atom is -0.326 e. The van der Waals surface area contributed by atoms with E-state index < -0.39 is 0 Å².